The summed E-state index contributed by atoms with van der Waals surface area (Å²) in [5.41, 5.74) is -22.2. The monoisotopic (exact) mass is 562 g/mol. The molecule has 0 saturated carbocycles. The highest BCUT2D eigenvalue weighted by molar-refractivity contribution is 5.68. The summed E-state index contributed by atoms with van der Waals surface area (Å²) >= 11 is 0. The van der Waals surface area contributed by atoms with Crippen LogP contribution in [0.25, 0.3) is 0 Å². The van der Waals surface area contributed by atoms with Crippen LogP contribution in [-0.2, 0) is 0 Å². The van der Waals surface area contributed by atoms with Crippen LogP contribution in [0.1, 0.15) is 0 Å². The Kier molecular flexibility index (Phi) is 6.86. The maximum atomic E-state index is 13.0. The van der Waals surface area contributed by atoms with Crippen molar-refractivity contribution in [3.05, 3.63) is 154 Å². The minimum absolute atomic E-state index is 0.0551. The summed E-state index contributed by atoms with van der Waals surface area (Å²) in [6.07, 6.45) is 0. The molecule has 0 bridgehead atoms. The minimum Gasteiger partial charge on any atom is -0.261 e. The van der Waals surface area contributed by atoms with E-state index in [9.17, 15) is 70.8 Å². The molecule has 22 heteroatoms. The van der Waals surface area contributed by atoms with Gasteiger partial charge in [0.2, 0.25) is 0 Å². The number of nitro groups is 7. The maximum absolute atomic E-state index is 13.0. The van der Waals surface area contributed by atoms with Crippen LogP contribution in [0.4, 0.5) is 11.4 Å². The van der Waals surface area contributed by atoms with Crippen molar-refractivity contribution in [3.8, 4) is 0 Å². The first kappa shape index (κ1) is 28.1. The zero-order valence-corrected chi connectivity index (χ0v) is 19.1. The Bertz CT molecular complexity index is 1500. The second kappa shape index (κ2) is 9.77. The normalized spacial score (nSPS) is 18.0. The smallest absolute Gasteiger partial charge is 0.261 e. The maximum Gasteiger partial charge on any atom is 0.654 e. The summed E-state index contributed by atoms with van der Waals surface area (Å²) < 4.78 is 0. The van der Waals surface area contributed by atoms with Crippen molar-refractivity contribution >= 4 is 11.4 Å². The van der Waals surface area contributed by atoms with Crippen molar-refractivity contribution in [3.63, 3.8) is 0 Å². The van der Waals surface area contributed by atoms with Gasteiger partial charge in [0.05, 0.1) is 24.6 Å². The lowest BCUT2D eigenvalue weighted by atomic mass is 9.78. The van der Waals surface area contributed by atoms with Gasteiger partial charge < -0.3 is 0 Å². The van der Waals surface area contributed by atoms with Gasteiger partial charge in [0, 0.05) is 11.4 Å². The van der Waals surface area contributed by atoms with E-state index >= 15 is 0 Å². The standard InChI is InChI=1S/C18H10N8O14/c27-20(28)13-14(21(29)30)16(23(33)34)18(25(37)38,26(39)40)17(24(35)36,15(13)22(31)32)19(11-7-3-1-4-8-11)12-9-5-2-6-10-12/h1-10H. The van der Waals surface area contributed by atoms with E-state index in [1.807, 2.05) is 0 Å². The Morgan fingerprint density at radius 1 is 0.475 bits per heavy atom. The van der Waals surface area contributed by atoms with E-state index in [0.29, 0.717) is 0 Å². The van der Waals surface area contributed by atoms with Crippen molar-refractivity contribution in [2.24, 2.45) is 0 Å². The number of hydrogen-bond donors (Lipinski definition) is 0. The van der Waals surface area contributed by atoms with Crippen LogP contribution in [0, 0.1) is 70.8 Å². The molecule has 0 amide bonds. The Morgan fingerprint density at radius 2 is 0.825 bits per heavy atom. The summed E-state index contributed by atoms with van der Waals surface area (Å²) in [6.45, 7) is 0. The molecule has 0 saturated heterocycles. The SMILES string of the molecule is O=[N+]([O-])C1=C([N+](=O)[O-])C(N(c2ccccc2)c2ccccc2)([N+](=O)[O-])C([N+](=O)[O-])([N+](=O)[O-])C([N+](=O)[O-])=C1[N+](=O)[O-]. The minimum atomic E-state index is -5.24. The first-order chi connectivity index (χ1) is 18.7. The molecule has 3 rings (SSSR count). The molecule has 1 atom stereocenters. The highest BCUT2D eigenvalue weighted by Crippen LogP contribution is 2.54. The van der Waals surface area contributed by atoms with Crippen LogP contribution in [0.5, 0.6) is 0 Å². The molecule has 0 fully saturated rings. The van der Waals surface area contributed by atoms with Gasteiger partial charge in [-0.15, -0.1) is 0 Å². The van der Waals surface area contributed by atoms with Gasteiger partial charge >= 0.3 is 34.1 Å². The topological polar surface area (TPSA) is 305 Å². The van der Waals surface area contributed by atoms with E-state index in [1.54, 1.807) is 0 Å². The number of anilines is 2. The molecule has 0 spiro atoms. The number of hydrogen-bond acceptors (Lipinski definition) is 15. The van der Waals surface area contributed by atoms with E-state index in [1.165, 1.54) is 12.1 Å². The van der Waals surface area contributed by atoms with Crippen molar-refractivity contribution in [1.82, 2.24) is 0 Å². The Morgan fingerprint density at radius 3 is 1.10 bits per heavy atom. The first-order valence-electron chi connectivity index (χ1n) is 10.1. The summed E-state index contributed by atoms with van der Waals surface area (Å²) in [5.74, 6) is 0. The molecule has 22 nitrogen and oxygen atoms in total. The molecule has 2 aromatic carbocycles. The van der Waals surface area contributed by atoms with Gasteiger partial charge in [0.1, 0.15) is 9.85 Å². The van der Waals surface area contributed by atoms with E-state index in [2.05, 4.69) is 0 Å². The summed E-state index contributed by atoms with van der Waals surface area (Å²) in [6, 6.07) is 10.6. The van der Waals surface area contributed by atoms with Gasteiger partial charge in [0.15, 0.2) is 0 Å². The molecule has 1 aliphatic carbocycles. The zero-order chi connectivity index (χ0) is 30.2. The molecule has 1 aliphatic rings. The second-order valence-electron chi connectivity index (χ2n) is 7.55. The summed E-state index contributed by atoms with van der Waals surface area (Å²) in [4.78, 5) is 71.6. The molecule has 0 radical (unpaired) electrons. The molecule has 206 valence electrons. The third-order valence-electron chi connectivity index (χ3n) is 5.69. The lowest BCUT2D eigenvalue weighted by Crippen LogP contribution is -2.78. The van der Waals surface area contributed by atoms with Gasteiger partial charge in [-0.05, 0) is 24.3 Å². The molecular weight excluding hydrogens is 552 g/mol. The number of para-hydroxylation sites is 2. The molecule has 40 heavy (non-hydrogen) atoms. The number of nitrogens with zero attached hydrogens (tertiary/aromatic N) is 8. The Labute approximate surface area is 217 Å². The molecular formula is C18H10N8O14. The van der Waals surface area contributed by atoms with Crippen molar-refractivity contribution in [2.45, 2.75) is 11.3 Å². The van der Waals surface area contributed by atoms with Gasteiger partial charge in [-0.2, -0.15) is 0 Å². The van der Waals surface area contributed by atoms with Crippen LogP contribution in [0.2, 0.25) is 0 Å². The second-order valence-corrected chi connectivity index (χ2v) is 7.55. The van der Waals surface area contributed by atoms with Crippen molar-refractivity contribution in [1.29, 1.82) is 0 Å². The molecule has 2 aromatic rings. The molecule has 0 aromatic heterocycles. The third-order valence-corrected chi connectivity index (χ3v) is 5.69. The van der Waals surface area contributed by atoms with Crippen LogP contribution in [-0.4, -0.2) is 45.8 Å². The highest BCUT2D eigenvalue weighted by atomic mass is 16.7. The van der Waals surface area contributed by atoms with Crippen molar-refractivity contribution < 1.29 is 34.5 Å². The van der Waals surface area contributed by atoms with Crippen LogP contribution >= 0.6 is 0 Å². The Balaban J connectivity index is 2.94. The summed E-state index contributed by atoms with van der Waals surface area (Å²) in [5, 5.41) is 86.5. The predicted octanol–water partition coefficient (Wildman–Crippen LogP) is 1.59. The third kappa shape index (κ3) is 3.58. The number of benzene rings is 2. The lowest BCUT2D eigenvalue weighted by molar-refractivity contribution is -0.857. The fourth-order valence-electron chi connectivity index (χ4n) is 4.39. The predicted molar refractivity (Wildman–Crippen MR) is 123 cm³/mol. The van der Waals surface area contributed by atoms with E-state index in [4.69, 9.17) is 0 Å². The molecule has 1 unspecified atom stereocenters. The average molecular weight is 562 g/mol. The van der Waals surface area contributed by atoms with Crippen LogP contribution < -0.4 is 4.90 Å². The lowest BCUT2D eigenvalue weighted by Gasteiger charge is -2.36. The van der Waals surface area contributed by atoms with Crippen molar-refractivity contribution in [2.75, 3.05) is 4.90 Å². The van der Waals surface area contributed by atoms with E-state index in [-0.39, 0.29) is 4.90 Å². The Hall–Kier alpha value is -6.48. The number of rotatable bonds is 10. The van der Waals surface area contributed by atoms with E-state index < -0.39 is 80.0 Å². The molecule has 0 N–H and O–H groups in total. The average Bonchev–Trinajstić information content (AvgIpc) is 2.87. The van der Waals surface area contributed by atoms with E-state index in [0.717, 1.165) is 48.5 Å². The molecule has 0 heterocycles. The van der Waals surface area contributed by atoms with Gasteiger partial charge in [0.25, 0.3) is 0 Å². The van der Waals surface area contributed by atoms with Gasteiger partial charge in [-0.1, -0.05) is 36.4 Å². The molecule has 0 aliphatic heterocycles. The highest BCUT2D eigenvalue weighted by Gasteiger charge is 3.02. The van der Waals surface area contributed by atoms with Crippen LogP contribution in [0.15, 0.2) is 83.5 Å². The van der Waals surface area contributed by atoms with Gasteiger partial charge in [-0.3, -0.25) is 75.7 Å². The quantitative estimate of drug-likeness (QED) is 0.225. The zero-order valence-electron chi connectivity index (χ0n) is 19.1. The fourth-order valence-corrected chi connectivity index (χ4v) is 4.39. The van der Waals surface area contributed by atoms with Gasteiger partial charge in [-0.25, -0.2) is 0 Å². The fraction of sp³-hybridized carbons (Fsp3) is 0.111. The van der Waals surface area contributed by atoms with Crippen LogP contribution in [0.3, 0.4) is 0 Å². The largest absolute Gasteiger partial charge is 0.654 e. The summed E-state index contributed by atoms with van der Waals surface area (Å²) in [7, 11) is 0. The first-order valence-corrected chi connectivity index (χ1v) is 10.1.